The molecule has 0 aromatic rings. The average molecular weight is 127 g/mol. The molecule has 2 nitrogen and oxygen atoms in total. The van der Waals surface area contributed by atoms with Crippen molar-refractivity contribution < 1.29 is 4.74 Å². The third-order valence-electron chi connectivity index (χ3n) is 2.09. The predicted octanol–water partition coefficient (Wildman–Crippen LogP) is 0.385. The van der Waals surface area contributed by atoms with E-state index in [1.807, 2.05) is 0 Å². The summed E-state index contributed by atoms with van der Waals surface area (Å²) in [6.07, 6.45) is 3.11. The van der Waals surface area contributed by atoms with Crippen LogP contribution in [0.5, 0.6) is 0 Å². The van der Waals surface area contributed by atoms with Crippen molar-refractivity contribution in [2.24, 2.45) is 5.92 Å². The van der Waals surface area contributed by atoms with Gasteiger partial charge in [-0.25, -0.2) is 0 Å². The van der Waals surface area contributed by atoms with E-state index >= 15 is 0 Å². The molecule has 1 N–H and O–H groups in total. The predicted molar refractivity (Wildman–Crippen MR) is 35.3 cm³/mol. The van der Waals surface area contributed by atoms with Crippen LogP contribution in [0.15, 0.2) is 0 Å². The molecule has 0 aromatic carbocycles. The second kappa shape index (κ2) is 2.27. The zero-order chi connectivity index (χ0) is 6.10. The molecule has 0 spiro atoms. The first-order valence-electron chi connectivity index (χ1n) is 3.79. The fraction of sp³-hybridized carbons (Fsp3) is 1.00. The summed E-state index contributed by atoms with van der Waals surface area (Å²) in [6, 6.07) is 0. The van der Waals surface area contributed by atoms with Gasteiger partial charge in [-0.3, -0.25) is 0 Å². The number of rotatable bonds is 0. The molecule has 1 heterocycles. The molecule has 1 aliphatic heterocycles. The second-order valence-electron chi connectivity index (χ2n) is 2.96. The van der Waals surface area contributed by atoms with E-state index in [0.717, 1.165) is 19.1 Å². The van der Waals surface area contributed by atoms with Crippen LogP contribution in [-0.4, -0.2) is 25.8 Å². The third kappa shape index (κ3) is 1.25. The number of hydrogen-bond donors (Lipinski definition) is 1. The molecule has 2 atom stereocenters. The Labute approximate surface area is 55.6 Å². The number of nitrogens with one attached hydrogen (secondary N) is 1. The van der Waals surface area contributed by atoms with Crippen molar-refractivity contribution in [3.63, 3.8) is 0 Å². The summed E-state index contributed by atoms with van der Waals surface area (Å²) in [5.74, 6) is 0.852. The second-order valence-corrected chi connectivity index (χ2v) is 2.96. The van der Waals surface area contributed by atoms with E-state index in [4.69, 9.17) is 4.74 Å². The summed E-state index contributed by atoms with van der Waals surface area (Å²) >= 11 is 0. The zero-order valence-corrected chi connectivity index (χ0v) is 5.60. The molecule has 2 fully saturated rings. The molecule has 2 heteroatoms. The molecule has 2 aliphatic rings. The van der Waals surface area contributed by atoms with E-state index in [2.05, 4.69) is 5.32 Å². The Hall–Kier alpha value is -0.0800. The Morgan fingerprint density at radius 3 is 3.44 bits per heavy atom. The average Bonchev–Trinajstić information content (AvgIpc) is 2.46. The topological polar surface area (TPSA) is 21.3 Å². The minimum Gasteiger partial charge on any atom is -0.378 e. The molecule has 0 amide bonds. The van der Waals surface area contributed by atoms with Gasteiger partial charge in [0.05, 0.1) is 6.10 Å². The Bertz CT molecular complexity index is 93.1. The van der Waals surface area contributed by atoms with Crippen molar-refractivity contribution in [1.82, 2.24) is 5.32 Å². The van der Waals surface area contributed by atoms with Crippen molar-refractivity contribution >= 4 is 0 Å². The number of ether oxygens (including phenoxy) is 1. The monoisotopic (exact) mass is 127 g/mol. The van der Waals surface area contributed by atoms with Crippen molar-refractivity contribution in [2.75, 3.05) is 19.7 Å². The van der Waals surface area contributed by atoms with Gasteiger partial charge in [-0.2, -0.15) is 0 Å². The summed E-state index contributed by atoms with van der Waals surface area (Å²) in [6.45, 7) is 3.29. The van der Waals surface area contributed by atoms with Crippen LogP contribution in [0.1, 0.15) is 12.8 Å². The van der Waals surface area contributed by atoms with Gasteiger partial charge in [0.1, 0.15) is 0 Å². The fourth-order valence-corrected chi connectivity index (χ4v) is 1.36. The molecule has 1 saturated carbocycles. The highest BCUT2D eigenvalue weighted by atomic mass is 16.5. The lowest BCUT2D eigenvalue weighted by Gasteiger charge is -2.09. The van der Waals surface area contributed by atoms with E-state index in [9.17, 15) is 0 Å². The largest absolute Gasteiger partial charge is 0.378 e. The molecule has 2 unspecified atom stereocenters. The molecule has 0 radical (unpaired) electrons. The normalized spacial score (nSPS) is 42.7. The van der Waals surface area contributed by atoms with E-state index in [-0.39, 0.29) is 0 Å². The van der Waals surface area contributed by atoms with Gasteiger partial charge in [0.25, 0.3) is 0 Å². The molecule has 0 aromatic heterocycles. The maximum Gasteiger partial charge on any atom is 0.0620 e. The molecule has 52 valence electrons. The lowest BCUT2D eigenvalue weighted by molar-refractivity contribution is 0.0997. The molecule has 1 aliphatic carbocycles. The first-order chi connectivity index (χ1) is 4.47. The van der Waals surface area contributed by atoms with E-state index in [1.54, 1.807) is 0 Å². The smallest absolute Gasteiger partial charge is 0.0620 e. The Balaban J connectivity index is 1.81. The van der Waals surface area contributed by atoms with Gasteiger partial charge >= 0.3 is 0 Å². The maximum absolute atomic E-state index is 5.52. The van der Waals surface area contributed by atoms with Gasteiger partial charge in [0.15, 0.2) is 0 Å². The first kappa shape index (κ1) is 5.69. The SMILES string of the molecule is C1CNCC2CC2OC1. The summed E-state index contributed by atoms with van der Waals surface area (Å²) < 4.78 is 5.52. The van der Waals surface area contributed by atoms with E-state index in [0.29, 0.717) is 6.10 Å². The highest BCUT2D eigenvalue weighted by Crippen LogP contribution is 2.33. The maximum atomic E-state index is 5.52. The van der Waals surface area contributed by atoms with Gasteiger partial charge in [0, 0.05) is 19.1 Å². The third-order valence-corrected chi connectivity index (χ3v) is 2.09. The van der Waals surface area contributed by atoms with Gasteiger partial charge < -0.3 is 10.1 Å². The highest BCUT2D eigenvalue weighted by Gasteiger charge is 2.37. The quantitative estimate of drug-likeness (QED) is 0.508. The number of hydrogen-bond acceptors (Lipinski definition) is 2. The minimum absolute atomic E-state index is 0.623. The van der Waals surface area contributed by atoms with Crippen LogP contribution in [0, 0.1) is 5.92 Å². The molecule has 9 heavy (non-hydrogen) atoms. The standard InChI is InChI=1S/C7H13NO/c1-2-8-5-6-4-7(6)9-3-1/h6-8H,1-5H2. The first-order valence-corrected chi connectivity index (χ1v) is 3.79. The summed E-state index contributed by atoms with van der Waals surface area (Å²) in [5, 5.41) is 3.40. The highest BCUT2D eigenvalue weighted by molar-refractivity contribution is 4.89. The number of fused-ring (bicyclic) bond motifs is 1. The van der Waals surface area contributed by atoms with E-state index < -0.39 is 0 Å². The molecular formula is C7H13NO. The minimum atomic E-state index is 0.623. The summed E-state index contributed by atoms with van der Waals surface area (Å²) in [5.41, 5.74) is 0. The lowest BCUT2D eigenvalue weighted by atomic mass is 10.3. The van der Waals surface area contributed by atoms with Crippen LogP contribution in [0.4, 0.5) is 0 Å². The van der Waals surface area contributed by atoms with Crippen LogP contribution >= 0.6 is 0 Å². The van der Waals surface area contributed by atoms with E-state index in [1.165, 1.54) is 19.4 Å². The molecular weight excluding hydrogens is 114 g/mol. The van der Waals surface area contributed by atoms with Crippen molar-refractivity contribution in [1.29, 1.82) is 0 Å². The van der Waals surface area contributed by atoms with Crippen LogP contribution in [-0.2, 0) is 4.74 Å². The Morgan fingerprint density at radius 1 is 1.44 bits per heavy atom. The van der Waals surface area contributed by atoms with Crippen LogP contribution in [0.25, 0.3) is 0 Å². The van der Waals surface area contributed by atoms with Gasteiger partial charge in [0.2, 0.25) is 0 Å². The lowest BCUT2D eigenvalue weighted by Crippen LogP contribution is -2.23. The van der Waals surface area contributed by atoms with Crippen LogP contribution < -0.4 is 5.32 Å². The summed E-state index contributed by atoms with van der Waals surface area (Å²) in [4.78, 5) is 0. The Morgan fingerprint density at radius 2 is 2.44 bits per heavy atom. The van der Waals surface area contributed by atoms with Crippen LogP contribution in [0.2, 0.25) is 0 Å². The molecule has 0 bridgehead atoms. The molecule has 2 rings (SSSR count). The van der Waals surface area contributed by atoms with Gasteiger partial charge in [-0.1, -0.05) is 0 Å². The van der Waals surface area contributed by atoms with Crippen molar-refractivity contribution in [2.45, 2.75) is 18.9 Å². The van der Waals surface area contributed by atoms with Crippen molar-refractivity contribution in [3.05, 3.63) is 0 Å². The van der Waals surface area contributed by atoms with Gasteiger partial charge in [-0.05, 0) is 19.4 Å². The Kier molecular flexibility index (Phi) is 1.44. The zero-order valence-electron chi connectivity index (χ0n) is 5.60. The van der Waals surface area contributed by atoms with Gasteiger partial charge in [-0.15, -0.1) is 0 Å². The van der Waals surface area contributed by atoms with Crippen molar-refractivity contribution in [3.8, 4) is 0 Å². The van der Waals surface area contributed by atoms with Crippen LogP contribution in [0.3, 0.4) is 0 Å². The molecule has 1 saturated heterocycles. The summed E-state index contributed by atoms with van der Waals surface area (Å²) in [7, 11) is 0. The fourth-order valence-electron chi connectivity index (χ4n) is 1.36.